The maximum absolute atomic E-state index is 12.4. The van der Waals surface area contributed by atoms with Crippen LogP contribution >= 0.6 is 0 Å². The molecular formula is C19H20N4O3. The molecular weight excluding hydrogens is 332 g/mol. The van der Waals surface area contributed by atoms with E-state index < -0.39 is 0 Å². The molecule has 3 aromatic rings. The first kappa shape index (κ1) is 16.4. The number of likely N-dealkylation sites (tertiary alicyclic amines) is 1. The van der Waals surface area contributed by atoms with Crippen LogP contribution in [0.4, 0.5) is 5.69 Å². The molecule has 2 aromatic heterocycles. The van der Waals surface area contributed by atoms with Crippen molar-refractivity contribution in [2.24, 2.45) is 0 Å². The minimum Gasteiger partial charge on any atom is -0.461 e. The van der Waals surface area contributed by atoms with E-state index in [1.54, 1.807) is 18.4 Å². The minimum absolute atomic E-state index is 0.111. The van der Waals surface area contributed by atoms with Crippen LogP contribution in [0, 0.1) is 0 Å². The fourth-order valence-corrected chi connectivity index (χ4v) is 3.11. The van der Waals surface area contributed by atoms with Crippen LogP contribution in [0.15, 0.2) is 57.7 Å². The summed E-state index contributed by atoms with van der Waals surface area (Å²) in [6.45, 7) is 1.49. The summed E-state index contributed by atoms with van der Waals surface area (Å²) in [6, 6.07) is 13.9. The molecule has 4 rings (SSSR count). The summed E-state index contributed by atoms with van der Waals surface area (Å²) in [6.07, 6.45) is 3.30. The van der Waals surface area contributed by atoms with Crippen LogP contribution in [-0.4, -0.2) is 40.1 Å². The van der Waals surface area contributed by atoms with E-state index in [4.69, 9.17) is 8.94 Å². The summed E-state index contributed by atoms with van der Waals surface area (Å²) in [4.78, 5) is 18.6. The Bertz CT molecular complexity index is 845. The number of rotatable bonds is 6. The van der Waals surface area contributed by atoms with Gasteiger partial charge in [-0.05, 0) is 30.7 Å². The quantitative estimate of drug-likeness (QED) is 0.734. The summed E-state index contributed by atoms with van der Waals surface area (Å²) in [5.74, 6) is 1.52. The monoisotopic (exact) mass is 352 g/mol. The van der Waals surface area contributed by atoms with Crippen LogP contribution in [0.3, 0.4) is 0 Å². The molecule has 7 nitrogen and oxygen atoms in total. The molecule has 1 N–H and O–H groups in total. The zero-order chi connectivity index (χ0) is 17.8. The average molecular weight is 352 g/mol. The predicted octanol–water partition coefficient (Wildman–Crippen LogP) is 2.98. The van der Waals surface area contributed by atoms with Gasteiger partial charge in [-0.25, -0.2) is 0 Å². The maximum Gasteiger partial charge on any atom is 0.238 e. The van der Waals surface area contributed by atoms with Gasteiger partial charge >= 0.3 is 0 Å². The second-order valence-corrected chi connectivity index (χ2v) is 6.32. The molecule has 0 spiro atoms. The van der Waals surface area contributed by atoms with Gasteiger partial charge in [0.1, 0.15) is 0 Å². The topological polar surface area (TPSA) is 84.4 Å². The van der Waals surface area contributed by atoms with Gasteiger partial charge in [0.15, 0.2) is 5.76 Å². The highest BCUT2D eigenvalue weighted by atomic mass is 16.5. The average Bonchev–Trinajstić information content (AvgIpc) is 3.41. The normalized spacial score (nSPS) is 16.8. The van der Waals surface area contributed by atoms with Gasteiger partial charge in [0, 0.05) is 37.7 Å². The fourth-order valence-electron chi connectivity index (χ4n) is 3.11. The highest BCUT2D eigenvalue weighted by Crippen LogP contribution is 2.18. The molecule has 0 saturated carbocycles. The van der Waals surface area contributed by atoms with E-state index in [-0.39, 0.29) is 11.9 Å². The van der Waals surface area contributed by atoms with Crippen LogP contribution in [-0.2, 0) is 11.2 Å². The van der Waals surface area contributed by atoms with Crippen LogP contribution in [0.5, 0.6) is 0 Å². The molecule has 1 aliphatic rings. The molecule has 1 atom stereocenters. The van der Waals surface area contributed by atoms with Crippen molar-refractivity contribution >= 4 is 11.6 Å². The number of benzene rings is 1. The lowest BCUT2D eigenvalue weighted by Gasteiger charge is -2.17. The Kier molecular flexibility index (Phi) is 4.68. The maximum atomic E-state index is 12.4. The number of nitrogens with zero attached hydrogens (tertiary/aromatic N) is 3. The summed E-state index contributed by atoms with van der Waals surface area (Å²) < 4.78 is 10.4. The third-order valence-electron chi connectivity index (χ3n) is 4.45. The molecule has 0 aliphatic carbocycles. The number of para-hydroxylation sites is 1. The number of aryl methyl sites for hydroxylation is 1. The van der Waals surface area contributed by atoms with Gasteiger partial charge in [-0.15, -0.1) is 0 Å². The van der Waals surface area contributed by atoms with Gasteiger partial charge < -0.3 is 19.2 Å². The van der Waals surface area contributed by atoms with Crippen molar-refractivity contribution in [2.45, 2.75) is 25.3 Å². The molecule has 0 radical (unpaired) electrons. The van der Waals surface area contributed by atoms with Crippen molar-refractivity contribution in [1.82, 2.24) is 15.0 Å². The SMILES string of the molecule is O=C(CCc1nc(-c2ccco2)no1)N1CCC(Nc2ccccc2)C1. The highest BCUT2D eigenvalue weighted by Gasteiger charge is 2.26. The van der Waals surface area contributed by atoms with Gasteiger partial charge in [-0.2, -0.15) is 4.98 Å². The van der Waals surface area contributed by atoms with Crippen molar-refractivity contribution in [3.8, 4) is 11.6 Å². The molecule has 1 aliphatic heterocycles. The largest absolute Gasteiger partial charge is 0.461 e. The molecule has 1 fully saturated rings. The number of amides is 1. The summed E-state index contributed by atoms with van der Waals surface area (Å²) >= 11 is 0. The molecule has 134 valence electrons. The third-order valence-corrected chi connectivity index (χ3v) is 4.45. The van der Waals surface area contributed by atoms with Gasteiger partial charge in [-0.3, -0.25) is 4.79 Å². The predicted molar refractivity (Wildman–Crippen MR) is 95.4 cm³/mol. The standard InChI is InChI=1S/C19H20N4O3/c24-18(9-8-17-21-19(22-26-17)16-7-4-12-25-16)23-11-10-15(13-23)20-14-5-2-1-3-6-14/h1-7,12,15,20H,8-11,13H2. The fraction of sp³-hybridized carbons (Fsp3) is 0.316. The van der Waals surface area contributed by atoms with E-state index in [0.29, 0.717) is 30.3 Å². The Morgan fingerprint density at radius 2 is 2.12 bits per heavy atom. The Balaban J connectivity index is 1.26. The number of aromatic nitrogens is 2. The second-order valence-electron chi connectivity index (χ2n) is 6.32. The number of carbonyl (C=O) groups excluding carboxylic acids is 1. The third kappa shape index (κ3) is 3.77. The number of furan rings is 1. The highest BCUT2D eigenvalue weighted by molar-refractivity contribution is 5.76. The molecule has 26 heavy (non-hydrogen) atoms. The van der Waals surface area contributed by atoms with Crippen molar-refractivity contribution in [3.63, 3.8) is 0 Å². The van der Waals surface area contributed by atoms with E-state index in [9.17, 15) is 4.79 Å². The van der Waals surface area contributed by atoms with Crippen LogP contribution in [0.1, 0.15) is 18.7 Å². The van der Waals surface area contributed by atoms with Crippen LogP contribution in [0.2, 0.25) is 0 Å². The number of hydrogen-bond acceptors (Lipinski definition) is 6. The second kappa shape index (κ2) is 7.43. The molecule has 3 heterocycles. The Hall–Kier alpha value is -3.09. The first-order valence-corrected chi connectivity index (χ1v) is 8.74. The van der Waals surface area contributed by atoms with Gasteiger partial charge in [0.25, 0.3) is 0 Å². The molecule has 0 bridgehead atoms. The lowest BCUT2D eigenvalue weighted by atomic mass is 10.2. The van der Waals surface area contributed by atoms with Gasteiger partial charge in [0.05, 0.1) is 6.26 Å². The number of anilines is 1. The van der Waals surface area contributed by atoms with E-state index >= 15 is 0 Å². The van der Waals surface area contributed by atoms with Crippen molar-refractivity contribution < 1.29 is 13.7 Å². The number of nitrogens with one attached hydrogen (secondary N) is 1. The molecule has 1 saturated heterocycles. The van der Waals surface area contributed by atoms with Crippen molar-refractivity contribution in [1.29, 1.82) is 0 Å². The molecule has 1 aromatic carbocycles. The van der Waals surface area contributed by atoms with E-state index in [1.165, 1.54) is 0 Å². The molecule has 1 amide bonds. The summed E-state index contributed by atoms with van der Waals surface area (Å²) in [5, 5.41) is 7.35. The van der Waals surface area contributed by atoms with Crippen molar-refractivity contribution in [2.75, 3.05) is 18.4 Å². The lowest BCUT2D eigenvalue weighted by molar-refractivity contribution is -0.130. The van der Waals surface area contributed by atoms with E-state index in [0.717, 1.165) is 25.2 Å². The Morgan fingerprint density at radius 1 is 1.23 bits per heavy atom. The zero-order valence-corrected chi connectivity index (χ0v) is 14.3. The number of hydrogen-bond donors (Lipinski definition) is 1. The summed E-state index contributed by atoms with van der Waals surface area (Å²) in [5.41, 5.74) is 1.09. The van der Waals surface area contributed by atoms with Gasteiger partial charge in [0.2, 0.25) is 17.6 Å². The Morgan fingerprint density at radius 3 is 2.92 bits per heavy atom. The van der Waals surface area contributed by atoms with Crippen molar-refractivity contribution in [3.05, 3.63) is 54.6 Å². The first-order chi connectivity index (χ1) is 12.8. The lowest BCUT2D eigenvalue weighted by Crippen LogP contribution is -2.31. The zero-order valence-electron chi connectivity index (χ0n) is 14.3. The first-order valence-electron chi connectivity index (χ1n) is 8.74. The van der Waals surface area contributed by atoms with E-state index in [1.807, 2.05) is 35.2 Å². The number of carbonyl (C=O) groups is 1. The summed E-state index contributed by atoms with van der Waals surface area (Å²) in [7, 11) is 0. The smallest absolute Gasteiger partial charge is 0.238 e. The van der Waals surface area contributed by atoms with E-state index in [2.05, 4.69) is 15.5 Å². The van der Waals surface area contributed by atoms with Crippen LogP contribution in [0.25, 0.3) is 11.6 Å². The van der Waals surface area contributed by atoms with Gasteiger partial charge in [-0.1, -0.05) is 23.4 Å². The van der Waals surface area contributed by atoms with Crippen LogP contribution < -0.4 is 5.32 Å². The molecule has 7 heteroatoms. The Labute approximate surface area is 151 Å². The molecule has 1 unspecified atom stereocenters. The minimum atomic E-state index is 0.111.